The van der Waals surface area contributed by atoms with Crippen LogP contribution in [0.25, 0.3) is 0 Å². The summed E-state index contributed by atoms with van der Waals surface area (Å²) >= 11 is 0. The van der Waals surface area contributed by atoms with E-state index in [0.717, 1.165) is 25.7 Å². The highest BCUT2D eigenvalue weighted by molar-refractivity contribution is 5.64. The van der Waals surface area contributed by atoms with E-state index in [1.165, 1.54) is 44.8 Å². The number of fused-ring (bicyclic) bond motifs is 2. The smallest absolute Gasteiger partial charge is 0.0442 e. The fraction of sp³-hybridized carbons (Fsp3) is 0.308. The Bertz CT molecular complexity index is 944. The zero-order chi connectivity index (χ0) is 19.0. The van der Waals surface area contributed by atoms with E-state index in [0.29, 0.717) is 0 Å². The lowest BCUT2D eigenvalue weighted by molar-refractivity contribution is 1.03. The maximum absolute atomic E-state index is 2.42. The molecule has 0 saturated heterocycles. The van der Waals surface area contributed by atoms with E-state index in [1.54, 1.807) is 5.57 Å². The highest BCUT2D eigenvalue weighted by Gasteiger charge is 2.20. The van der Waals surface area contributed by atoms with Gasteiger partial charge < -0.3 is 4.90 Å². The molecule has 27 heavy (non-hydrogen) atoms. The molecule has 0 radical (unpaired) electrons. The standard InChI is InChI=1S/C26H29N/c1-18(13-14-25-17-23-11-7-8-12-26(23)27(25)4)19(2)20(3)24-15-21-9-5-6-10-22(21)16-24/h5-12,14H,13,15-17H2,1-4H3/b19-18-,25-14+. The Morgan fingerprint density at radius 3 is 2.07 bits per heavy atom. The first-order chi connectivity index (χ1) is 13.0. The molecule has 1 heterocycles. The molecular formula is C26H29N. The van der Waals surface area contributed by atoms with Crippen molar-refractivity contribution < 1.29 is 0 Å². The lowest BCUT2D eigenvalue weighted by Crippen LogP contribution is -2.11. The van der Waals surface area contributed by atoms with Crippen LogP contribution in [0.4, 0.5) is 5.69 Å². The zero-order valence-corrected chi connectivity index (χ0v) is 17.0. The molecule has 0 amide bonds. The molecule has 2 aliphatic rings. The second kappa shape index (κ2) is 7.23. The van der Waals surface area contributed by atoms with Crippen LogP contribution in [-0.4, -0.2) is 7.05 Å². The minimum absolute atomic E-state index is 1.02. The lowest BCUT2D eigenvalue weighted by Gasteiger charge is -2.15. The van der Waals surface area contributed by atoms with Gasteiger partial charge >= 0.3 is 0 Å². The number of likely N-dealkylation sites (N-methyl/N-ethyl adjacent to an activating group) is 1. The summed E-state index contributed by atoms with van der Waals surface area (Å²) in [5.41, 5.74) is 13.2. The third kappa shape index (κ3) is 3.39. The maximum Gasteiger partial charge on any atom is 0.0442 e. The third-order valence-corrected chi connectivity index (χ3v) is 6.46. The molecule has 4 rings (SSSR count). The first-order valence-corrected chi connectivity index (χ1v) is 9.97. The number of allylic oxidation sites excluding steroid dienone is 6. The Morgan fingerprint density at radius 2 is 1.44 bits per heavy atom. The van der Waals surface area contributed by atoms with Gasteiger partial charge in [0.05, 0.1) is 0 Å². The molecule has 0 saturated carbocycles. The van der Waals surface area contributed by atoms with E-state index in [4.69, 9.17) is 0 Å². The zero-order valence-electron chi connectivity index (χ0n) is 17.0. The minimum Gasteiger partial charge on any atom is -0.348 e. The molecule has 0 bridgehead atoms. The first-order valence-electron chi connectivity index (χ1n) is 9.97. The van der Waals surface area contributed by atoms with Gasteiger partial charge in [-0.25, -0.2) is 0 Å². The molecule has 2 aromatic carbocycles. The predicted molar refractivity (Wildman–Crippen MR) is 116 cm³/mol. The Kier molecular flexibility index (Phi) is 4.78. The molecule has 1 aliphatic carbocycles. The number of rotatable bonds is 3. The molecule has 138 valence electrons. The highest BCUT2D eigenvalue weighted by atomic mass is 15.1. The van der Waals surface area contributed by atoms with Gasteiger partial charge in [0.1, 0.15) is 0 Å². The molecule has 0 unspecified atom stereocenters. The summed E-state index contributed by atoms with van der Waals surface area (Å²) in [6.07, 6.45) is 6.73. The Labute approximate surface area is 163 Å². The van der Waals surface area contributed by atoms with Crippen molar-refractivity contribution >= 4 is 5.69 Å². The number of anilines is 1. The Hall–Kier alpha value is -2.54. The van der Waals surface area contributed by atoms with E-state index >= 15 is 0 Å². The van der Waals surface area contributed by atoms with Crippen molar-refractivity contribution in [2.45, 2.75) is 46.5 Å². The number of para-hydroxylation sites is 1. The average molecular weight is 356 g/mol. The average Bonchev–Trinajstić information content (AvgIpc) is 3.26. The maximum atomic E-state index is 2.42. The largest absolute Gasteiger partial charge is 0.348 e. The van der Waals surface area contributed by atoms with Crippen LogP contribution in [0.5, 0.6) is 0 Å². The van der Waals surface area contributed by atoms with Crippen molar-refractivity contribution in [1.82, 2.24) is 0 Å². The summed E-state index contributed by atoms with van der Waals surface area (Å²) in [5, 5.41) is 0. The van der Waals surface area contributed by atoms with Gasteiger partial charge in [-0.3, -0.25) is 0 Å². The van der Waals surface area contributed by atoms with Gasteiger partial charge in [0.15, 0.2) is 0 Å². The second-order valence-electron chi connectivity index (χ2n) is 8.02. The van der Waals surface area contributed by atoms with Crippen molar-refractivity contribution in [2.24, 2.45) is 0 Å². The van der Waals surface area contributed by atoms with E-state index in [-0.39, 0.29) is 0 Å². The topological polar surface area (TPSA) is 3.24 Å². The van der Waals surface area contributed by atoms with E-state index in [1.807, 2.05) is 0 Å². The number of nitrogens with zero attached hydrogens (tertiary/aromatic N) is 1. The molecule has 0 atom stereocenters. The van der Waals surface area contributed by atoms with Crippen LogP contribution in [-0.2, 0) is 19.3 Å². The SMILES string of the molecule is CC(=C1Cc2ccccc2C1)/C(C)=C(/C)C/C=C1\Cc2ccccc2N1C. The molecule has 0 N–H and O–H groups in total. The van der Waals surface area contributed by atoms with Gasteiger partial charge in [-0.15, -0.1) is 0 Å². The fourth-order valence-corrected chi connectivity index (χ4v) is 4.36. The fourth-order valence-electron chi connectivity index (χ4n) is 4.36. The Balaban J connectivity index is 1.52. The summed E-state index contributed by atoms with van der Waals surface area (Å²) in [7, 11) is 2.19. The van der Waals surface area contributed by atoms with E-state index in [2.05, 4.69) is 87.3 Å². The van der Waals surface area contributed by atoms with Gasteiger partial charge in [0.2, 0.25) is 0 Å². The molecule has 2 aromatic rings. The van der Waals surface area contributed by atoms with Crippen LogP contribution < -0.4 is 4.90 Å². The summed E-state index contributed by atoms with van der Waals surface area (Å²) in [6, 6.07) is 17.6. The molecule has 0 fully saturated rings. The summed E-state index contributed by atoms with van der Waals surface area (Å²) < 4.78 is 0. The van der Waals surface area contributed by atoms with Crippen molar-refractivity contribution in [3.05, 3.63) is 99.3 Å². The van der Waals surface area contributed by atoms with Crippen LogP contribution in [0.3, 0.4) is 0 Å². The van der Waals surface area contributed by atoms with Crippen LogP contribution >= 0.6 is 0 Å². The van der Waals surface area contributed by atoms with Crippen LogP contribution in [0, 0.1) is 0 Å². The van der Waals surface area contributed by atoms with Gasteiger partial charge in [0.25, 0.3) is 0 Å². The minimum atomic E-state index is 1.02. The van der Waals surface area contributed by atoms with Crippen molar-refractivity contribution in [1.29, 1.82) is 0 Å². The molecule has 0 aromatic heterocycles. The van der Waals surface area contributed by atoms with Gasteiger partial charge in [-0.05, 0) is 73.9 Å². The Morgan fingerprint density at radius 1 is 0.852 bits per heavy atom. The number of hydrogen-bond donors (Lipinski definition) is 0. The molecule has 0 spiro atoms. The van der Waals surface area contributed by atoms with Crippen LogP contribution in [0.2, 0.25) is 0 Å². The van der Waals surface area contributed by atoms with Gasteiger partial charge in [-0.2, -0.15) is 0 Å². The summed E-state index contributed by atoms with van der Waals surface area (Å²) in [6.45, 7) is 6.90. The van der Waals surface area contributed by atoms with E-state index in [9.17, 15) is 0 Å². The first kappa shape index (κ1) is 17.9. The molecule has 1 heteroatoms. The molecule has 1 aliphatic heterocycles. The van der Waals surface area contributed by atoms with Gasteiger partial charge in [0, 0.05) is 24.9 Å². The quantitative estimate of drug-likeness (QED) is 0.615. The van der Waals surface area contributed by atoms with Crippen molar-refractivity contribution in [2.75, 3.05) is 11.9 Å². The summed E-state index contributed by atoms with van der Waals surface area (Å²) in [5.74, 6) is 0. The third-order valence-electron chi connectivity index (χ3n) is 6.46. The van der Waals surface area contributed by atoms with Crippen LogP contribution in [0.1, 0.15) is 43.9 Å². The molecular weight excluding hydrogens is 326 g/mol. The summed E-state index contributed by atoms with van der Waals surface area (Å²) in [4.78, 5) is 2.34. The van der Waals surface area contributed by atoms with Crippen molar-refractivity contribution in [3.63, 3.8) is 0 Å². The monoisotopic (exact) mass is 355 g/mol. The molecule has 1 nitrogen and oxygen atoms in total. The van der Waals surface area contributed by atoms with Gasteiger partial charge in [-0.1, -0.05) is 59.7 Å². The number of benzene rings is 2. The highest BCUT2D eigenvalue weighted by Crippen LogP contribution is 2.34. The second-order valence-corrected chi connectivity index (χ2v) is 8.02. The predicted octanol–water partition coefficient (Wildman–Crippen LogP) is 6.40. The van der Waals surface area contributed by atoms with Crippen LogP contribution in [0.15, 0.2) is 82.6 Å². The normalized spacial score (nSPS) is 17.9. The number of hydrogen-bond acceptors (Lipinski definition) is 1. The van der Waals surface area contributed by atoms with E-state index < -0.39 is 0 Å². The van der Waals surface area contributed by atoms with Crippen molar-refractivity contribution in [3.8, 4) is 0 Å². The lowest BCUT2D eigenvalue weighted by atomic mass is 9.95.